The van der Waals surface area contributed by atoms with Crippen LogP contribution in [0.5, 0.6) is 0 Å². The van der Waals surface area contributed by atoms with E-state index in [1.54, 1.807) is 22.7 Å². The minimum Gasteiger partial charge on any atom is -0.333 e. The molecule has 0 bridgehead atoms. The van der Waals surface area contributed by atoms with Crippen molar-refractivity contribution in [3.05, 3.63) is 38.5 Å². The lowest BCUT2D eigenvalue weighted by molar-refractivity contribution is 0.0721. The van der Waals surface area contributed by atoms with Crippen LogP contribution in [0.2, 0.25) is 0 Å². The Kier molecular flexibility index (Phi) is 4.67. The number of carbonyl (C=O) groups excluding carboxylic acids is 1. The van der Waals surface area contributed by atoms with Crippen molar-refractivity contribution >= 4 is 28.6 Å². The first-order valence-corrected chi connectivity index (χ1v) is 8.97. The number of aromatic nitrogens is 1. The molecule has 1 atom stereocenters. The molecule has 3 heterocycles. The van der Waals surface area contributed by atoms with E-state index in [4.69, 9.17) is 0 Å². The van der Waals surface area contributed by atoms with Gasteiger partial charge in [-0.25, -0.2) is 4.98 Å². The van der Waals surface area contributed by atoms with Gasteiger partial charge in [0.15, 0.2) is 0 Å². The summed E-state index contributed by atoms with van der Waals surface area (Å²) in [7, 11) is 0. The zero-order valence-electron chi connectivity index (χ0n) is 12.0. The van der Waals surface area contributed by atoms with Crippen LogP contribution in [-0.4, -0.2) is 35.4 Å². The summed E-state index contributed by atoms with van der Waals surface area (Å²) < 4.78 is 0. The first kappa shape index (κ1) is 14.7. The largest absolute Gasteiger partial charge is 0.333 e. The molecule has 2 aromatic heterocycles. The summed E-state index contributed by atoms with van der Waals surface area (Å²) in [6, 6.07) is 1.91. The fourth-order valence-electron chi connectivity index (χ4n) is 2.62. The lowest BCUT2D eigenvalue weighted by Crippen LogP contribution is -2.35. The predicted octanol–water partition coefficient (Wildman–Crippen LogP) is 2.76. The van der Waals surface area contributed by atoms with E-state index in [2.05, 4.69) is 10.3 Å². The van der Waals surface area contributed by atoms with Crippen LogP contribution < -0.4 is 5.32 Å². The molecule has 1 N–H and O–H groups in total. The maximum absolute atomic E-state index is 12.7. The number of carbonyl (C=O) groups is 1. The van der Waals surface area contributed by atoms with Crippen LogP contribution in [-0.2, 0) is 6.54 Å². The van der Waals surface area contributed by atoms with Gasteiger partial charge in [-0.05, 0) is 43.8 Å². The Hall–Kier alpha value is -1.24. The molecule has 1 aliphatic heterocycles. The number of hydrogen-bond donors (Lipinski definition) is 1. The molecule has 0 saturated carbocycles. The maximum Gasteiger partial charge on any atom is 0.255 e. The number of thiazole rings is 1. The van der Waals surface area contributed by atoms with Crippen LogP contribution in [0.3, 0.4) is 0 Å². The lowest BCUT2D eigenvalue weighted by Gasteiger charge is -2.25. The smallest absolute Gasteiger partial charge is 0.255 e. The molecule has 0 radical (unpaired) electrons. The van der Waals surface area contributed by atoms with E-state index in [1.165, 1.54) is 4.88 Å². The van der Waals surface area contributed by atoms with Gasteiger partial charge in [0.05, 0.1) is 23.3 Å². The standard InChI is InChI=1S/C15H19N3OS2/c1-11-14(21-10-17-11)8-18(7-12-2-4-16-6-12)15(19)13-3-5-20-9-13/h3,5,9-10,12,16H,2,4,6-8H2,1H3/t12-/m0/s1. The average Bonchev–Trinajstić information content (AvgIpc) is 3.20. The molecule has 6 heteroatoms. The van der Waals surface area contributed by atoms with E-state index in [-0.39, 0.29) is 5.91 Å². The van der Waals surface area contributed by atoms with Crippen LogP contribution >= 0.6 is 22.7 Å². The minimum absolute atomic E-state index is 0.135. The highest BCUT2D eigenvalue weighted by Gasteiger charge is 2.24. The predicted molar refractivity (Wildman–Crippen MR) is 86.9 cm³/mol. The highest BCUT2D eigenvalue weighted by atomic mass is 32.1. The Balaban J connectivity index is 1.76. The second-order valence-corrected chi connectivity index (χ2v) is 7.14. The topological polar surface area (TPSA) is 45.2 Å². The van der Waals surface area contributed by atoms with E-state index in [0.29, 0.717) is 12.5 Å². The Bertz CT molecular complexity index is 588. The number of rotatable bonds is 5. The van der Waals surface area contributed by atoms with Gasteiger partial charge in [0.2, 0.25) is 0 Å². The SMILES string of the molecule is Cc1ncsc1CN(C[C@H]1CCNC1)C(=O)c1ccsc1. The van der Waals surface area contributed by atoms with Crippen LogP contribution in [0.25, 0.3) is 0 Å². The first-order chi connectivity index (χ1) is 10.2. The molecule has 1 amide bonds. The van der Waals surface area contributed by atoms with Gasteiger partial charge in [-0.15, -0.1) is 11.3 Å². The van der Waals surface area contributed by atoms with Crippen molar-refractivity contribution < 1.29 is 4.79 Å². The van der Waals surface area contributed by atoms with Gasteiger partial charge in [0, 0.05) is 16.8 Å². The fraction of sp³-hybridized carbons (Fsp3) is 0.467. The van der Waals surface area contributed by atoms with Crippen molar-refractivity contribution in [2.45, 2.75) is 19.9 Å². The molecular formula is C15H19N3OS2. The molecule has 0 spiro atoms. The summed E-state index contributed by atoms with van der Waals surface area (Å²) in [4.78, 5) is 20.2. The van der Waals surface area contributed by atoms with Crippen LogP contribution in [0.4, 0.5) is 0 Å². The van der Waals surface area contributed by atoms with Crippen LogP contribution in [0.15, 0.2) is 22.3 Å². The molecule has 1 saturated heterocycles. The molecule has 0 aromatic carbocycles. The zero-order chi connectivity index (χ0) is 14.7. The second kappa shape index (κ2) is 6.68. The third kappa shape index (κ3) is 3.51. The molecule has 21 heavy (non-hydrogen) atoms. The molecule has 0 unspecified atom stereocenters. The van der Waals surface area contributed by atoms with Gasteiger partial charge in [-0.3, -0.25) is 4.79 Å². The number of hydrogen-bond acceptors (Lipinski definition) is 5. The third-order valence-corrected chi connectivity index (χ3v) is 5.48. The Labute approximate surface area is 132 Å². The van der Waals surface area contributed by atoms with Crippen molar-refractivity contribution in [2.75, 3.05) is 19.6 Å². The number of nitrogens with one attached hydrogen (secondary N) is 1. The van der Waals surface area contributed by atoms with Crippen molar-refractivity contribution in [1.29, 1.82) is 0 Å². The molecule has 3 rings (SSSR count). The van der Waals surface area contributed by atoms with E-state index in [1.807, 2.05) is 34.2 Å². The lowest BCUT2D eigenvalue weighted by atomic mass is 10.1. The average molecular weight is 321 g/mol. The summed E-state index contributed by atoms with van der Waals surface area (Å²) in [6.45, 7) is 5.57. The zero-order valence-corrected chi connectivity index (χ0v) is 13.7. The molecule has 0 aliphatic carbocycles. The van der Waals surface area contributed by atoms with Crippen molar-refractivity contribution in [2.24, 2.45) is 5.92 Å². The number of thiophene rings is 1. The Morgan fingerprint density at radius 3 is 3.10 bits per heavy atom. The summed E-state index contributed by atoms with van der Waals surface area (Å²) in [5.41, 5.74) is 3.69. The van der Waals surface area contributed by atoms with E-state index in [9.17, 15) is 4.79 Å². The second-order valence-electron chi connectivity index (χ2n) is 5.42. The van der Waals surface area contributed by atoms with Gasteiger partial charge in [-0.1, -0.05) is 0 Å². The summed E-state index contributed by atoms with van der Waals surface area (Å²) in [6.07, 6.45) is 1.15. The Morgan fingerprint density at radius 1 is 1.57 bits per heavy atom. The van der Waals surface area contributed by atoms with E-state index in [0.717, 1.165) is 37.3 Å². The van der Waals surface area contributed by atoms with Crippen LogP contribution in [0, 0.1) is 12.8 Å². The summed E-state index contributed by atoms with van der Waals surface area (Å²) in [5, 5.41) is 7.27. The van der Waals surface area contributed by atoms with Gasteiger partial charge in [0.1, 0.15) is 0 Å². The number of nitrogens with zero attached hydrogens (tertiary/aromatic N) is 2. The Morgan fingerprint density at radius 2 is 2.48 bits per heavy atom. The van der Waals surface area contributed by atoms with Gasteiger partial charge >= 0.3 is 0 Å². The van der Waals surface area contributed by atoms with Crippen molar-refractivity contribution in [3.8, 4) is 0 Å². The molecule has 1 aliphatic rings. The maximum atomic E-state index is 12.7. The molecule has 112 valence electrons. The molecule has 4 nitrogen and oxygen atoms in total. The summed E-state index contributed by atoms with van der Waals surface area (Å²) >= 11 is 3.20. The van der Waals surface area contributed by atoms with Crippen molar-refractivity contribution in [1.82, 2.24) is 15.2 Å². The number of aryl methyl sites for hydroxylation is 1. The van der Waals surface area contributed by atoms with E-state index < -0.39 is 0 Å². The monoisotopic (exact) mass is 321 g/mol. The third-order valence-electron chi connectivity index (χ3n) is 3.88. The minimum atomic E-state index is 0.135. The molecule has 2 aromatic rings. The normalized spacial score (nSPS) is 18.0. The van der Waals surface area contributed by atoms with Gasteiger partial charge in [0.25, 0.3) is 5.91 Å². The van der Waals surface area contributed by atoms with E-state index >= 15 is 0 Å². The van der Waals surface area contributed by atoms with Gasteiger partial charge in [-0.2, -0.15) is 11.3 Å². The number of amides is 1. The quantitative estimate of drug-likeness (QED) is 0.921. The highest BCUT2D eigenvalue weighted by molar-refractivity contribution is 7.09. The molecule has 1 fully saturated rings. The first-order valence-electron chi connectivity index (χ1n) is 7.15. The van der Waals surface area contributed by atoms with Crippen molar-refractivity contribution in [3.63, 3.8) is 0 Å². The van der Waals surface area contributed by atoms with Crippen LogP contribution in [0.1, 0.15) is 27.3 Å². The fourth-order valence-corrected chi connectivity index (χ4v) is 4.04. The summed E-state index contributed by atoms with van der Waals surface area (Å²) in [5.74, 6) is 0.691. The van der Waals surface area contributed by atoms with Gasteiger partial charge < -0.3 is 10.2 Å². The highest BCUT2D eigenvalue weighted by Crippen LogP contribution is 2.20. The molecular weight excluding hydrogens is 302 g/mol.